The van der Waals surface area contributed by atoms with Gasteiger partial charge in [-0.15, -0.1) is 10.2 Å². The largest absolute Gasteiger partial charge is 0.496 e. The number of primary amides is 1. The third kappa shape index (κ3) is 2.23. The lowest BCUT2D eigenvalue weighted by molar-refractivity contribution is 0.0996. The van der Waals surface area contributed by atoms with Crippen LogP contribution in [-0.2, 0) is 0 Å². The van der Waals surface area contributed by atoms with Crippen molar-refractivity contribution in [2.45, 2.75) is 6.92 Å². The van der Waals surface area contributed by atoms with E-state index in [2.05, 4.69) is 20.4 Å². The van der Waals surface area contributed by atoms with E-state index in [1.807, 2.05) is 31.2 Å². The molecule has 0 aliphatic carbocycles. The van der Waals surface area contributed by atoms with E-state index in [9.17, 15) is 4.79 Å². The first-order valence-corrected chi connectivity index (χ1v) is 7.88. The van der Waals surface area contributed by atoms with Crippen LogP contribution >= 0.6 is 0 Å². The number of hydrogen-bond acceptors (Lipinski definition) is 6. The summed E-state index contributed by atoms with van der Waals surface area (Å²) in [7, 11) is 1.54. The zero-order chi connectivity index (χ0) is 18.4. The number of carbonyl (C=O) groups excluding carboxylic acids is 1. The van der Waals surface area contributed by atoms with Crippen molar-refractivity contribution in [3.05, 3.63) is 41.7 Å². The van der Waals surface area contributed by atoms with E-state index in [0.717, 1.165) is 27.6 Å². The predicted molar refractivity (Wildman–Crippen MR) is 98.8 cm³/mol. The molecule has 0 unspecified atom stereocenters. The first-order chi connectivity index (χ1) is 12.5. The van der Waals surface area contributed by atoms with E-state index in [-0.39, 0.29) is 11.4 Å². The smallest absolute Gasteiger partial charge is 0.271 e. The molecule has 0 spiro atoms. The number of nitrogens with two attached hydrogens (primary N) is 2. The molecule has 8 heteroatoms. The van der Waals surface area contributed by atoms with Gasteiger partial charge in [0.05, 0.1) is 29.9 Å². The molecule has 26 heavy (non-hydrogen) atoms. The number of hydrogen-bond donors (Lipinski definition) is 3. The molecule has 5 N–H and O–H groups in total. The van der Waals surface area contributed by atoms with Gasteiger partial charge in [-0.3, -0.25) is 9.89 Å². The number of rotatable bonds is 3. The van der Waals surface area contributed by atoms with Crippen molar-refractivity contribution in [1.29, 1.82) is 0 Å². The van der Waals surface area contributed by atoms with E-state index in [0.29, 0.717) is 16.7 Å². The van der Waals surface area contributed by atoms with Gasteiger partial charge in [0, 0.05) is 10.9 Å². The number of aromatic nitrogens is 4. The molecule has 0 bridgehead atoms. The van der Waals surface area contributed by atoms with Gasteiger partial charge >= 0.3 is 0 Å². The predicted octanol–water partition coefficient (Wildman–Crippen LogP) is 2.17. The van der Waals surface area contributed by atoms with Gasteiger partial charge < -0.3 is 16.2 Å². The van der Waals surface area contributed by atoms with E-state index >= 15 is 0 Å². The molecule has 0 aliphatic heterocycles. The number of nitrogens with one attached hydrogen (secondary N) is 1. The molecule has 0 saturated carbocycles. The summed E-state index contributed by atoms with van der Waals surface area (Å²) < 4.78 is 5.46. The molecular formula is C18H16N6O2. The molecular weight excluding hydrogens is 332 g/mol. The molecule has 2 aromatic heterocycles. The Morgan fingerprint density at radius 1 is 1.23 bits per heavy atom. The van der Waals surface area contributed by atoms with Crippen molar-refractivity contribution in [1.82, 2.24) is 20.4 Å². The molecule has 0 aliphatic rings. The Morgan fingerprint density at radius 2 is 2.04 bits per heavy atom. The summed E-state index contributed by atoms with van der Waals surface area (Å²) in [6, 6.07) is 7.79. The monoisotopic (exact) mass is 348 g/mol. The second-order valence-corrected chi connectivity index (χ2v) is 5.99. The quantitative estimate of drug-likeness (QED) is 0.519. The van der Waals surface area contributed by atoms with Crippen molar-refractivity contribution >= 4 is 33.4 Å². The number of carbonyl (C=O) groups is 1. The van der Waals surface area contributed by atoms with E-state index in [1.165, 1.54) is 7.11 Å². The minimum absolute atomic E-state index is 0.0744. The number of fused-ring (bicyclic) bond motifs is 2. The Hall–Kier alpha value is -3.68. The highest BCUT2D eigenvalue weighted by Gasteiger charge is 2.21. The van der Waals surface area contributed by atoms with Crippen LogP contribution in [0.1, 0.15) is 16.1 Å². The SMILES string of the molecule is COc1cc(C)c(-c2ccc3cn[nH]c3c2)c2nnc(C(N)=O)c(N)c12. The van der Waals surface area contributed by atoms with E-state index in [1.54, 1.807) is 6.20 Å². The second kappa shape index (κ2) is 5.69. The van der Waals surface area contributed by atoms with Gasteiger partial charge in [0.25, 0.3) is 5.91 Å². The van der Waals surface area contributed by atoms with Crippen molar-refractivity contribution in [3.8, 4) is 16.9 Å². The lowest BCUT2D eigenvalue weighted by atomic mass is 9.95. The summed E-state index contributed by atoms with van der Waals surface area (Å²) in [6.45, 7) is 1.95. The number of aryl methyl sites for hydroxylation is 1. The zero-order valence-corrected chi connectivity index (χ0v) is 14.2. The Labute approximate surface area is 148 Å². The summed E-state index contributed by atoms with van der Waals surface area (Å²) in [5.74, 6) is -0.223. The number of methoxy groups -OCH3 is 1. The van der Waals surface area contributed by atoms with Crippen LogP contribution in [-0.4, -0.2) is 33.4 Å². The van der Waals surface area contributed by atoms with Gasteiger partial charge in [0.2, 0.25) is 0 Å². The fraction of sp³-hybridized carbons (Fsp3) is 0.111. The number of anilines is 1. The van der Waals surface area contributed by atoms with Gasteiger partial charge in [-0.05, 0) is 30.2 Å². The third-order valence-electron chi connectivity index (χ3n) is 4.42. The molecule has 4 aromatic rings. The van der Waals surface area contributed by atoms with Crippen LogP contribution in [0.3, 0.4) is 0 Å². The average molecular weight is 348 g/mol. The normalized spacial score (nSPS) is 11.2. The molecule has 0 saturated heterocycles. The summed E-state index contributed by atoms with van der Waals surface area (Å²) in [5.41, 5.74) is 15.8. The van der Waals surface area contributed by atoms with Gasteiger partial charge in [-0.2, -0.15) is 5.10 Å². The summed E-state index contributed by atoms with van der Waals surface area (Å²) in [6.07, 6.45) is 1.76. The summed E-state index contributed by atoms with van der Waals surface area (Å²) >= 11 is 0. The minimum atomic E-state index is -0.736. The minimum Gasteiger partial charge on any atom is -0.496 e. The fourth-order valence-electron chi connectivity index (χ4n) is 3.20. The fourth-order valence-corrected chi connectivity index (χ4v) is 3.20. The Balaban J connectivity index is 2.10. The zero-order valence-electron chi connectivity index (χ0n) is 14.2. The molecule has 4 rings (SSSR count). The maximum atomic E-state index is 11.6. The third-order valence-corrected chi connectivity index (χ3v) is 4.42. The molecule has 0 radical (unpaired) electrons. The van der Waals surface area contributed by atoms with Crippen LogP contribution in [0.4, 0.5) is 5.69 Å². The van der Waals surface area contributed by atoms with Gasteiger partial charge in [0.1, 0.15) is 11.3 Å². The highest BCUT2D eigenvalue weighted by atomic mass is 16.5. The first kappa shape index (κ1) is 15.8. The van der Waals surface area contributed by atoms with Gasteiger partial charge in [-0.25, -0.2) is 0 Å². The molecule has 8 nitrogen and oxygen atoms in total. The molecule has 0 atom stereocenters. The highest BCUT2D eigenvalue weighted by molar-refractivity contribution is 6.10. The second-order valence-electron chi connectivity index (χ2n) is 5.99. The summed E-state index contributed by atoms with van der Waals surface area (Å²) in [4.78, 5) is 11.6. The van der Waals surface area contributed by atoms with Gasteiger partial charge in [-0.1, -0.05) is 12.1 Å². The van der Waals surface area contributed by atoms with Crippen LogP contribution in [0.2, 0.25) is 0 Å². The Kier molecular flexibility index (Phi) is 3.47. The number of aromatic amines is 1. The number of nitrogen functional groups attached to an aromatic ring is 1. The number of H-pyrrole nitrogens is 1. The number of ether oxygens (including phenoxy) is 1. The van der Waals surface area contributed by atoms with Crippen molar-refractivity contribution in [3.63, 3.8) is 0 Å². The van der Waals surface area contributed by atoms with E-state index in [4.69, 9.17) is 16.2 Å². The molecule has 1 amide bonds. The topological polar surface area (TPSA) is 133 Å². The van der Waals surface area contributed by atoms with Crippen molar-refractivity contribution < 1.29 is 9.53 Å². The van der Waals surface area contributed by atoms with Crippen LogP contribution in [0.15, 0.2) is 30.5 Å². The van der Waals surface area contributed by atoms with Gasteiger partial charge in [0.15, 0.2) is 5.69 Å². The molecule has 2 aromatic carbocycles. The number of benzene rings is 2. The van der Waals surface area contributed by atoms with Crippen LogP contribution in [0.25, 0.3) is 32.9 Å². The standard InChI is InChI=1S/C18H16N6O2/c1-8-5-12(26-2)14-15(19)17(18(20)25)24-23-16(14)13(8)9-3-4-10-7-21-22-11(10)6-9/h3-7H,1-2H3,(H2,19,23)(H2,20,25)(H,21,22). The Bertz CT molecular complexity index is 1180. The van der Waals surface area contributed by atoms with Crippen LogP contribution < -0.4 is 16.2 Å². The van der Waals surface area contributed by atoms with Crippen LogP contribution in [0, 0.1) is 6.92 Å². The van der Waals surface area contributed by atoms with Crippen LogP contribution in [0.5, 0.6) is 5.75 Å². The lowest BCUT2D eigenvalue weighted by Gasteiger charge is -2.15. The van der Waals surface area contributed by atoms with Crippen molar-refractivity contribution in [2.75, 3.05) is 12.8 Å². The Morgan fingerprint density at radius 3 is 2.77 bits per heavy atom. The van der Waals surface area contributed by atoms with Crippen molar-refractivity contribution in [2.24, 2.45) is 5.73 Å². The average Bonchev–Trinajstić information content (AvgIpc) is 3.08. The number of nitrogens with zero attached hydrogens (tertiary/aromatic N) is 3. The molecule has 2 heterocycles. The maximum absolute atomic E-state index is 11.6. The first-order valence-electron chi connectivity index (χ1n) is 7.88. The highest BCUT2D eigenvalue weighted by Crippen LogP contribution is 2.40. The van der Waals surface area contributed by atoms with E-state index < -0.39 is 5.91 Å². The summed E-state index contributed by atoms with van der Waals surface area (Å²) in [5, 5.41) is 16.7. The molecule has 0 fully saturated rings. The maximum Gasteiger partial charge on any atom is 0.271 e. The molecule has 130 valence electrons. The number of amides is 1. The lowest BCUT2D eigenvalue weighted by Crippen LogP contribution is -2.17.